The highest BCUT2D eigenvalue weighted by molar-refractivity contribution is 5.79. The number of likely N-dealkylation sites (tertiary alicyclic amines) is 1. The van der Waals surface area contributed by atoms with Crippen molar-refractivity contribution >= 4 is 16.9 Å². The Balaban J connectivity index is 1.05. The number of carbonyl (C=O) groups excluding carboxylic acids is 1. The summed E-state index contributed by atoms with van der Waals surface area (Å²) in [5, 5.41) is 25.3. The molecule has 0 atom stereocenters. The molecule has 0 spiro atoms. The van der Waals surface area contributed by atoms with Gasteiger partial charge in [0.05, 0.1) is 30.6 Å². The van der Waals surface area contributed by atoms with Gasteiger partial charge in [0.15, 0.2) is 5.65 Å². The molecule has 1 amide bonds. The van der Waals surface area contributed by atoms with Crippen LogP contribution in [-0.2, 0) is 17.9 Å². The maximum Gasteiger partial charge on any atom is 0.264 e. The summed E-state index contributed by atoms with van der Waals surface area (Å²) < 4.78 is 8.98. The van der Waals surface area contributed by atoms with E-state index in [9.17, 15) is 19.8 Å². The predicted octanol–water partition coefficient (Wildman–Crippen LogP) is 2.46. The molecule has 2 fully saturated rings. The first-order valence-corrected chi connectivity index (χ1v) is 14.1. The number of hydrogen-bond donors (Lipinski definition) is 2. The third-order valence-corrected chi connectivity index (χ3v) is 8.34. The Labute approximate surface area is 237 Å². The fraction of sp³-hybridized carbons (Fsp3) is 0.433. The van der Waals surface area contributed by atoms with Crippen molar-refractivity contribution in [3.63, 3.8) is 0 Å². The first-order valence-electron chi connectivity index (χ1n) is 14.1. The third kappa shape index (κ3) is 5.73. The molecule has 2 aliphatic rings. The molecule has 0 unspecified atom stereocenters. The van der Waals surface area contributed by atoms with E-state index in [2.05, 4.69) is 15.1 Å². The molecule has 1 aromatic carbocycles. The van der Waals surface area contributed by atoms with Gasteiger partial charge < -0.3 is 19.8 Å². The van der Waals surface area contributed by atoms with Gasteiger partial charge in [-0.1, -0.05) is 18.2 Å². The topological polar surface area (TPSA) is 136 Å². The monoisotopic (exact) mass is 558 g/mol. The SMILES string of the molecule is O=C(C1CCC(Oc2ccccn2)CC1)N1CCC(O)(Cn2cnc3c(cnn3-c3ccc(CO)cc3)c2=O)CC1. The van der Waals surface area contributed by atoms with Crippen LogP contribution in [0.4, 0.5) is 0 Å². The fourth-order valence-electron chi connectivity index (χ4n) is 5.88. The van der Waals surface area contributed by atoms with Gasteiger partial charge >= 0.3 is 0 Å². The summed E-state index contributed by atoms with van der Waals surface area (Å²) in [6.07, 6.45) is 8.67. The number of aromatic nitrogens is 5. The van der Waals surface area contributed by atoms with Gasteiger partial charge in [-0.05, 0) is 62.3 Å². The second-order valence-corrected chi connectivity index (χ2v) is 11.1. The summed E-state index contributed by atoms with van der Waals surface area (Å²) in [7, 11) is 0. The molecule has 0 radical (unpaired) electrons. The molecule has 11 nitrogen and oxygen atoms in total. The standard InChI is InChI=1S/C30H34N6O5/c37-18-21-4-8-23(9-5-21)36-27-25(17-33-36)29(39)35(20-32-27)19-30(40)12-15-34(16-13-30)28(38)22-6-10-24(11-7-22)41-26-3-1-2-14-31-26/h1-5,8-9,14,17,20,22,24,37,40H,6-7,10-13,15-16,18-19H2. The zero-order chi connectivity index (χ0) is 28.4. The Hall–Kier alpha value is -4.09. The lowest BCUT2D eigenvalue weighted by Gasteiger charge is -2.40. The zero-order valence-corrected chi connectivity index (χ0v) is 22.8. The molecule has 214 valence electrons. The summed E-state index contributed by atoms with van der Waals surface area (Å²) in [6.45, 7) is 0.947. The Morgan fingerprint density at radius 1 is 1.02 bits per heavy atom. The molecule has 1 saturated heterocycles. The van der Waals surface area contributed by atoms with Crippen LogP contribution in [0.25, 0.3) is 16.7 Å². The van der Waals surface area contributed by atoms with E-state index in [-0.39, 0.29) is 36.6 Å². The normalized spacial score (nSPS) is 20.7. The summed E-state index contributed by atoms with van der Waals surface area (Å²) in [5.41, 5.74) is 0.549. The number of fused-ring (bicyclic) bond motifs is 1. The molecule has 6 rings (SSSR count). The van der Waals surface area contributed by atoms with Crippen LogP contribution in [-0.4, -0.2) is 70.1 Å². The van der Waals surface area contributed by atoms with Crippen molar-refractivity contribution in [3.05, 3.63) is 77.1 Å². The van der Waals surface area contributed by atoms with Crippen molar-refractivity contribution in [2.24, 2.45) is 5.92 Å². The molecule has 1 saturated carbocycles. The lowest BCUT2D eigenvalue weighted by atomic mass is 9.85. The molecular formula is C30H34N6O5. The Kier molecular flexibility index (Phi) is 7.55. The minimum atomic E-state index is -1.11. The number of aliphatic hydroxyl groups excluding tert-OH is 1. The summed E-state index contributed by atoms with van der Waals surface area (Å²) in [4.78, 5) is 37.1. The van der Waals surface area contributed by atoms with E-state index in [0.29, 0.717) is 42.8 Å². The first-order chi connectivity index (χ1) is 19.9. The molecule has 11 heteroatoms. The van der Waals surface area contributed by atoms with Crippen LogP contribution in [0.2, 0.25) is 0 Å². The van der Waals surface area contributed by atoms with Crippen LogP contribution in [0.15, 0.2) is 66.0 Å². The molecular weight excluding hydrogens is 524 g/mol. The fourth-order valence-corrected chi connectivity index (χ4v) is 5.88. The van der Waals surface area contributed by atoms with E-state index >= 15 is 0 Å². The third-order valence-electron chi connectivity index (χ3n) is 8.34. The highest BCUT2D eigenvalue weighted by Gasteiger charge is 2.37. The maximum atomic E-state index is 13.3. The number of pyridine rings is 1. The van der Waals surface area contributed by atoms with Crippen LogP contribution in [0.3, 0.4) is 0 Å². The van der Waals surface area contributed by atoms with Crippen LogP contribution in [0, 0.1) is 5.92 Å². The molecule has 3 aromatic heterocycles. The van der Waals surface area contributed by atoms with E-state index in [1.807, 2.05) is 35.2 Å². The van der Waals surface area contributed by atoms with Gasteiger partial charge in [-0.3, -0.25) is 14.2 Å². The molecule has 1 aliphatic heterocycles. The van der Waals surface area contributed by atoms with Crippen molar-refractivity contribution in [2.75, 3.05) is 13.1 Å². The summed E-state index contributed by atoms with van der Waals surface area (Å²) >= 11 is 0. The van der Waals surface area contributed by atoms with Gasteiger partial charge in [0, 0.05) is 31.3 Å². The lowest BCUT2D eigenvalue weighted by Crippen LogP contribution is -2.51. The minimum absolute atomic E-state index is 0.0321. The molecule has 1 aliphatic carbocycles. The Morgan fingerprint density at radius 2 is 1.78 bits per heavy atom. The number of amides is 1. The lowest BCUT2D eigenvalue weighted by molar-refractivity contribution is -0.141. The number of hydrogen-bond acceptors (Lipinski definition) is 8. The highest BCUT2D eigenvalue weighted by Crippen LogP contribution is 2.31. The van der Waals surface area contributed by atoms with Gasteiger partial charge in [-0.15, -0.1) is 0 Å². The van der Waals surface area contributed by atoms with Crippen molar-refractivity contribution in [1.82, 2.24) is 29.2 Å². The Bertz CT molecular complexity index is 1550. The number of ether oxygens (including phenoxy) is 1. The van der Waals surface area contributed by atoms with Crippen molar-refractivity contribution < 1.29 is 19.7 Å². The number of nitrogens with zero attached hydrogens (tertiary/aromatic N) is 6. The van der Waals surface area contributed by atoms with E-state index < -0.39 is 5.60 Å². The number of piperidine rings is 1. The second-order valence-electron chi connectivity index (χ2n) is 11.1. The van der Waals surface area contributed by atoms with Gasteiger partial charge in [-0.2, -0.15) is 5.10 Å². The summed E-state index contributed by atoms with van der Waals surface area (Å²) in [5.74, 6) is 0.729. The van der Waals surface area contributed by atoms with Crippen molar-refractivity contribution in [3.8, 4) is 11.6 Å². The first kappa shape index (κ1) is 27.1. The molecule has 2 N–H and O–H groups in total. The zero-order valence-electron chi connectivity index (χ0n) is 22.8. The van der Waals surface area contributed by atoms with Crippen LogP contribution in [0.5, 0.6) is 5.88 Å². The van der Waals surface area contributed by atoms with E-state index in [0.717, 1.165) is 36.9 Å². The van der Waals surface area contributed by atoms with Crippen molar-refractivity contribution in [2.45, 2.75) is 63.4 Å². The molecule has 0 bridgehead atoms. The van der Waals surface area contributed by atoms with Gasteiger partial charge in [0.25, 0.3) is 5.56 Å². The van der Waals surface area contributed by atoms with E-state index in [4.69, 9.17) is 4.74 Å². The quantitative estimate of drug-likeness (QED) is 0.353. The van der Waals surface area contributed by atoms with E-state index in [1.165, 1.54) is 17.1 Å². The number of rotatable bonds is 7. The molecule has 4 aromatic rings. The molecule has 41 heavy (non-hydrogen) atoms. The van der Waals surface area contributed by atoms with Gasteiger partial charge in [0.1, 0.15) is 17.8 Å². The second kappa shape index (κ2) is 11.4. The Morgan fingerprint density at radius 3 is 2.46 bits per heavy atom. The van der Waals surface area contributed by atoms with Gasteiger partial charge in [0.2, 0.25) is 11.8 Å². The van der Waals surface area contributed by atoms with Gasteiger partial charge in [-0.25, -0.2) is 14.6 Å². The largest absolute Gasteiger partial charge is 0.474 e. The van der Waals surface area contributed by atoms with Crippen molar-refractivity contribution in [1.29, 1.82) is 0 Å². The smallest absolute Gasteiger partial charge is 0.264 e. The number of carbonyl (C=O) groups is 1. The van der Waals surface area contributed by atoms with Crippen LogP contribution >= 0.6 is 0 Å². The van der Waals surface area contributed by atoms with E-state index in [1.54, 1.807) is 23.0 Å². The highest BCUT2D eigenvalue weighted by atomic mass is 16.5. The average molecular weight is 559 g/mol. The predicted molar refractivity (Wildman–Crippen MR) is 150 cm³/mol. The number of aliphatic hydroxyl groups is 2. The summed E-state index contributed by atoms with van der Waals surface area (Å²) in [6, 6.07) is 12.8. The van der Waals surface area contributed by atoms with Crippen LogP contribution in [0.1, 0.15) is 44.1 Å². The maximum absolute atomic E-state index is 13.3. The minimum Gasteiger partial charge on any atom is -0.474 e. The molecule has 4 heterocycles. The van der Waals surface area contributed by atoms with Crippen LogP contribution < -0.4 is 10.3 Å². The number of benzene rings is 1. The average Bonchev–Trinajstić information content (AvgIpc) is 3.44.